The third kappa shape index (κ3) is 2.28. The summed E-state index contributed by atoms with van der Waals surface area (Å²) in [5.41, 5.74) is -0.177. The molecular formula is C15H17N3O4. The number of aromatic nitrogens is 2. The van der Waals surface area contributed by atoms with Gasteiger partial charge in [0.2, 0.25) is 0 Å². The molecule has 116 valence electrons. The van der Waals surface area contributed by atoms with Crippen LogP contribution >= 0.6 is 0 Å². The minimum absolute atomic E-state index is 0.208. The van der Waals surface area contributed by atoms with Crippen molar-refractivity contribution in [3.05, 3.63) is 42.1 Å². The monoisotopic (exact) mass is 303 g/mol. The van der Waals surface area contributed by atoms with Crippen LogP contribution in [-0.4, -0.2) is 44.8 Å². The Balaban J connectivity index is 1.79. The Morgan fingerprint density at radius 2 is 2.09 bits per heavy atom. The van der Waals surface area contributed by atoms with Gasteiger partial charge in [-0.15, -0.1) is 0 Å². The van der Waals surface area contributed by atoms with Crippen LogP contribution in [0.1, 0.15) is 29.0 Å². The smallest absolute Gasteiger partial charge is 0.331 e. The molecule has 22 heavy (non-hydrogen) atoms. The molecule has 0 saturated carbocycles. The molecule has 7 nitrogen and oxygen atoms in total. The highest BCUT2D eigenvalue weighted by atomic mass is 16.4. The number of hydrogen-bond acceptors (Lipinski definition) is 4. The molecule has 1 aliphatic heterocycles. The second-order valence-electron chi connectivity index (χ2n) is 5.57. The van der Waals surface area contributed by atoms with E-state index in [2.05, 4.69) is 5.10 Å². The Hall–Kier alpha value is -2.57. The number of hydrogen-bond donors (Lipinski definition) is 1. The van der Waals surface area contributed by atoms with Gasteiger partial charge in [0.25, 0.3) is 5.91 Å². The number of likely N-dealkylation sites (tertiary alicyclic amines) is 1. The second kappa shape index (κ2) is 5.32. The summed E-state index contributed by atoms with van der Waals surface area (Å²) in [6, 6.07) is 3.27. The SMILES string of the molecule is Cc1cnn(C2(C(=O)O)CCN(C(=O)c3ccco3)CC2)c1. The van der Waals surface area contributed by atoms with Gasteiger partial charge >= 0.3 is 5.97 Å². The van der Waals surface area contributed by atoms with Crippen LogP contribution in [0, 0.1) is 6.92 Å². The number of nitrogens with zero attached hydrogens (tertiary/aromatic N) is 3. The van der Waals surface area contributed by atoms with E-state index in [1.165, 1.54) is 10.9 Å². The van der Waals surface area contributed by atoms with Crippen LogP contribution in [0.2, 0.25) is 0 Å². The van der Waals surface area contributed by atoms with Crippen LogP contribution in [0.15, 0.2) is 35.2 Å². The van der Waals surface area contributed by atoms with Crippen molar-refractivity contribution in [1.29, 1.82) is 0 Å². The maximum atomic E-state index is 12.2. The Labute approximate surface area is 127 Å². The van der Waals surface area contributed by atoms with Gasteiger partial charge in [-0.25, -0.2) is 4.79 Å². The average Bonchev–Trinajstić information content (AvgIpc) is 3.18. The maximum absolute atomic E-state index is 12.2. The number of rotatable bonds is 3. The largest absolute Gasteiger partial charge is 0.479 e. The normalized spacial score (nSPS) is 17.4. The molecule has 2 aromatic heterocycles. The Kier molecular flexibility index (Phi) is 3.48. The van der Waals surface area contributed by atoms with E-state index >= 15 is 0 Å². The average molecular weight is 303 g/mol. The molecule has 0 spiro atoms. The van der Waals surface area contributed by atoms with Gasteiger partial charge in [0.05, 0.1) is 12.5 Å². The number of carbonyl (C=O) groups is 2. The molecule has 0 bridgehead atoms. The van der Waals surface area contributed by atoms with Gasteiger partial charge in [-0.2, -0.15) is 5.10 Å². The van der Waals surface area contributed by atoms with Gasteiger partial charge in [0.1, 0.15) is 0 Å². The van der Waals surface area contributed by atoms with Crippen molar-refractivity contribution in [2.45, 2.75) is 25.3 Å². The van der Waals surface area contributed by atoms with E-state index in [4.69, 9.17) is 4.42 Å². The summed E-state index contributed by atoms with van der Waals surface area (Å²) in [7, 11) is 0. The predicted molar refractivity (Wildman–Crippen MR) is 76.4 cm³/mol. The fourth-order valence-electron chi connectivity index (χ4n) is 2.82. The lowest BCUT2D eigenvalue weighted by Crippen LogP contribution is -2.52. The van der Waals surface area contributed by atoms with E-state index in [0.717, 1.165) is 5.56 Å². The van der Waals surface area contributed by atoms with Crippen molar-refractivity contribution in [2.75, 3.05) is 13.1 Å². The highest BCUT2D eigenvalue weighted by Gasteiger charge is 2.45. The first-order valence-corrected chi connectivity index (χ1v) is 7.11. The van der Waals surface area contributed by atoms with Crippen molar-refractivity contribution < 1.29 is 19.1 Å². The molecule has 3 heterocycles. The molecule has 7 heteroatoms. The van der Waals surface area contributed by atoms with E-state index in [9.17, 15) is 14.7 Å². The maximum Gasteiger partial charge on any atom is 0.331 e. The standard InChI is InChI=1S/C15H17N3O4/c1-11-9-16-18(10-11)15(14(20)21)4-6-17(7-5-15)13(19)12-3-2-8-22-12/h2-3,8-10H,4-7H2,1H3,(H,20,21). The van der Waals surface area contributed by atoms with Crippen LogP contribution < -0.4 is 0 Å². The van der Waals surface area contributed by atoms with Crippen LogP contribution in [0.3, 0.4) is 0 Å². The lowest BCUT2D eigenvalue weighted by Gasteiger charge is -2.38. The van der Waals surface area contributed by atoms with Crippen molar-refractivity contribution >= 4 is 11.9 Å². The third-order valence-electron chi connectivity index (χ3n) is 4.16. The minimum Gasteiger partial charge on any atom is -0.479 e. The van der Waals surface area contributed by atoms with Crippen LogP contribution in [0.25, 0.3) is 0 Å². The van der Waals surface area contributed by atoms with Gasteiger partial charge in [-0.3, -0.25) is 9.48 Å². The van der Waals surface area contributed by atoms with Gasteiger partial charge in [0, 0.05) is 32.1 Å². The first kappa shape index (κ1) is 14.4. The van der Waals surface area contributed by atoms with Crippen LogP contribution in [-0.2, 0) is 10.3 Å². The number of carbonyl (C=O) groups excluding carboxylic acids is 1. The van der Waals surface area contributed by atoms with Crippen LogP contribution in [0.4, 0.5) is 0 Å². The first-order chi connectivity index (χ1) is 10.5. The molecule has 3 rings (SSSR count). The molecule has 0 aromatic carbocycles. The molecular weight excluding hydrogens is 286 g/mol. The first-order valence-electron chi connectivity index (χ1n) is 7.11. The Morgan fingerprint density at radius 1 is 1.36 bits per heavy atom. The summed E-state index contributed by atoms with van der Waals surface area (Å²) in [6.45, 7) is 2.57. The highest BCUT2D eigenvalue weighted by molar-refractivity contribution is 5.91. The lowest BCUT2D eigenvalue weighted by molar-refractivity contribution is -0.150. The minimum atomic E-state index is -1.09. The van der Waals surface area contributed by atoms with Crippen molar-refractivity contribution in [1.82, 2.24) is 14.7 Å². The molecule has 2 aromatic rings. The summed E-state index contributed by atoms with van der Waals surface area (Å²) in [5.74, 6) is -0.848. The summed E-state index contributed by atoms with van der Waals surface area (Å²) in [4.78, 5) is 25.7. The second-order valence-corrected chi connectivity index (χ2v) is 5.57. The van der Waals surface area contributed by atoms with E-state index < -0.39 is 11.5 Å². The molecule has 0 unspecified atom stereocenters. The highest BCUT2D eigenvalue weighted by Crippen LogP contribution is 2.31. The molecule has 0 atom stereocenters. The number of furan rings is 1. The van der Waals surface area contributed by atoms with Gasteiger partial charge in [0.15, 0.2) is 11.3 Å². The topological polar surface area (TPSA) is 88.6 Å². The molecule has 0 aliphatic carbocycles. The zero-order valence-electron chi connectivity index (χ0n) is 12.2. The summed E-state index contributed by atoms with van der Waals surface area (Å²) < 4.78 is 6.62. The van der Waals surface area contributed by atoms with Gasteiger partial charge < -0.3 is 14.4 Å². The third-order valence-corrected chi connectivity index (χ3v) is 4.16. The fraction of sp³-hybridized carbons (Fsp3) is 0.400. The van der Waals surface area contributed by atoms with E-state index in [1.54, 1.807) is 29.4 Å². The van der Waals surface area contributed by atoms with Gasteiger partial charge in [-0.1, -0.05) is 0 Å². The Bertz CT molecular complexity index is 681. The van der Waals surface area contributed by atoms with E-state index in [-0.39, 0.29) is 11.7 Å². The van der Waals surface area contributed by atoms with Gasteiger partial charge in [-0.05, 0) is 24.6 Å². The fourth-order valence-corrected chi connectivity index (χ4v) is 2.82. The summed E-state index contributed by atoms with van der Waals surface area (Å²) >= 11 is 0. The molecule has 1 aliphatic rings. The Morgan fingerprint density at radius 3 is 2.59 bits per heavy atom. The van der Waals surface area contributed by atoms with Crippen molar-refractivity contribution in [3.63, 3.8) is 0 Å². The molecule has 1 N–H and O–H groups in total. The molecule has 1 fully saturated rings. The zero-order chi connectivity index (χ0) is 15.7. The number of carboxylic acid groups (broad SMARTS) is 1. The number of amides is 1. The number of aryl methyl sites for hydroxylation is 1. The quantitative estimate of drug-likeness (QED) is 0.928. The summed E-state index contributed by atoms with van der Waals surface area (Å²) in [5, 5.41) is 13.8. The van der Waals surface area contributed by atoms with E-state index in [0.29, 0.717) is 25.9 Å². The molecule has 1 amide bonds. The van der Waals surface area contributed by atoms with Crippen molar-refractivity contribution in [2.24, 2.45) is 0 Å². The lowest BCUT2D eigenvalue weighted by atomic mass is 9.87. The number of piperidine rings is 1. The van der Waals surface area contributed by atoms with E-state index in [1.807, 2.05) is 6.92 Å². The predicted octanol–water partition coefficient (Wildman–Crippen LogP) is 1.50. The molecule has 1 saturated heterocycles. The van der Waals surface area contributed by atoms with Crippen molar-refractivity contribution in [3.8, 4) is 0 Å². The molecule has 0 radical (unpaired) electrons. The van der Waals surface area contributed by atoms with Crippen LogP contribution in [0.5, 0.6) is 0 Å². The number of carboxylic acids is 1. The number of aliphatic carboxylic acids is 1. The summed E-state index contributed by atoms with van der Waals surface area (Å²) in [6.07, 6.45) is 5.46. The zero-order valence-corrected chi connectivity index (χ0v) is 12.2.